The lowest BCUT2D eigenvalue weighted by Crippen LogP contribution is -2.50. The van der Waals surface area contributed by atoms with E-state index in [1.54, 1.807) is 11.6 Å². The van der Waals surface area contributed by atoms with Crippen LogP contribution in [0.4, 0.5) is 5.82 Å². The van der Waals surface area contributed by atoms with E-state index in [1.807, 2.05) is 72.5 Å². The van der Waals surface area contributed by atoms with Crippen molar-refractivity contribution >= 4 is 21.7 Å². The topological polar surface area (TPSA) is 87.5 Å². The number of rotatable bonds is 7. The van der Waals surface area contributed by atoms with E-state index in [0.717, 1.165) is 16.9 Å². The van der Waals surface area contributed by atoms with Gasteiger partial charge in [0.25, 0.3) is 0 Å². The van der Waals surface area contributed by atoms with E-state index in [9.17, 15) is 13.2 Å². The van der Waals surface area contributed by atoms with E-state index < -0.39 is 10.0 Å². The maximum Gasteiger partial charge on any atom is 0.239 e. The molecule has 3 aromatic rings. The van der Waals surface area contributed by atoms with Crippen LogP contribution in [-0.2, 0) is 14.8 Å². The summed E-state index contributed by atoms with van der Waals surface area (Å²) in [5, 5.41) is 7.74. The summed E-state index contributed by atoms with van der Waals surface area (Å²) in [6.45, 7) is 5.75. The second-order valence-corrected chi connectivity index (χ2v) is 10.4. The second kappa shape index (κ2) is 9.86. The fourth-order valence-electron chi connectivity index (χ4n) is 3.84. The number of nitrogens with one attached hydrogen (secondary N) is 1. The predicted octanol–water partition coefficient (Wildman–Crippen LogP) is 2.75. The van der Waals surface area contributed by atoms with E-state index in [1.165, 1.54) is 9.87 Å². The third-order valence-corrected chi connectivity index (χ3v) is 7.66. The number of carbonyl (C=O) groups excluding carboxylic acids is 1. The minimum absolute atomic E-state index is 0.0975. The molecule has 174 valence electrons. The molecular weight excluding hydrogens is 438 g/mol. The number of piperazine rings is 1. The van der Waals surface area contributed by atoms with Crippen molar-refractivity contribution in [2.75, 3.05) is 43.8 Å². The van der Waals surface area contributed by atoms with Gasteiger partial charge in [-0.3, -0.25) is 9.69 Å². The average Bonchev–Trinajstić information content (AvgIpc) is 3.24. The van der Waals surface area contributed by atoms with Crippen molar-refractivity contribution in [2.45, 2.75) is 13.8 Å². The largest absolute Gasteiger partial charge is 0.309 e. The maximum atomic E-state index is 12.9. The Hall–Kier alpha value is -3.01. The Bertz CT molecular complexity index is 1200. The molecule has 2 heterocycles. The maximum absolute atomic E-state index is 12.9. The van der Waals surface area contributed by atoms with Crippen molar-refractivity contribution in [3.63, 3.8) is 0 Å². The normalized spacial score (nSPS) is 15.5. The molecular formula is C24H29N5O3S. The van der Waals surface area contributed by atoms with Gasteiger partial charge in [-0.15, -0.1) is 0 Å². The lowest BCUT2D eigenvalue weighted by Gasteiger charge is -2.33. The van der Waals surface area contributed by atoms with Crippen molar-refractivity contribution in [1.82, 2.24) is 19.0 Å². The zero-order chi connectivity index (χ0) is 23.4. The van der Waals surface area contributed by atoms with Crippen molar-refractivity contribution in [1.29, 1.82) is 0 Å². The van der Waals surface area contributed by atoms with E-state index in [2.05, 4.69) is 5.32 Å². The Morgan fingerprint density at radius 2 is 1.67 bits per heavy atom. The first-order valence-electron chi connectivity index (χ1n) is 11.1. The molecule has 2 aromatic carbocycles. The van der Waals surface area contributed by atoms with Gasteiger partial charge in [-0.1, -0.05) is 48.0 Å². The van der Waals surface area contributed by atoms with Crippen LogP contribution in [0.1, 0.15) is 12.5 Å². The summed E-state index contributed by atoms with van der Waals surface area (Å²) in [7, 11) is -3.19. The first-order chi connectivity index (χ1) is 15.9. The lowest BCUT2D eigenvalue weighted by atomic mass is 10.1. The summed E-state index contributed by atoms with van der Waals surface area (Å²) in [5.41, 5.74) is 3.76. The first-order valence-corrected chi connectivity index (χ1v) is 12.7. The zero-order valence-electron chi connectivity index (χ0n) is 18.9. The Labute approximate surface area is 194 Å². The van der Waals surface area contributed by atoms with Gasteiger partial charge in [-0.25, -0.2) is 13.1 Å². The number of benzene rings is 2. The molecule has 1 aliphatic heterocycles. The summed E-state index contributed by atoms with van der Waals surface area (Å²) in [4.78, 5) is 14.8. The third kappa shape index (κ3) is 5.50. The number of hydrogen-bond donors (Lipinski definition) is 1. The Kier molecular flexibility index (Phi) is 6.92. The van der Waals surface area contributed by atoms with Gasteiger partial charge in [-0.2, -0.15) is 9.40 Å². The summed E-state index contributed by atoms with van der Waals surface area (Å²) in [6.07, 6.45) is 0. The van der Waals surface area contributed by atoms with Gasteiger partial charge in [0, 0.05) is 37.8 Å². The molecule has 33 heavy (non-hydrogen) atoms. The number of aromatic nitrogens is 2. The van der Waals surface area contributed by atoms with Gasteiger partial charge in [0.15, 0.2) is 0 Å². The molecule has 1 saturated heterocycles. The number of aryl methyl sites for hydroxylation is 1. The van der Waals surface area contributed by atoms with Crippen LogP contribution in [0.25, 0.3) is 16.9 Å². The number of para-hydroxylation sites is 1. The molecule has 1 N–H and O–H groups in total. The van der Waals surface area contributed by atoms with Crippen molar-refractivity contribution in [2.24, 2.45) is 0 Å². The second-order valence-electron chi connectivity index (χ2n) is 8.15. The minimum atomic E-state index is -3.19. The molecule has 1 aliphatic rings. The highest BCUT2D eigenvalue weighted by Crippen LogP contribution is 2.25. The van der Waals surface area contributed by atoms with Crippen LogP contribution in [0, 0.1) is 6.92 Å². The van der Waals surface area contributed by atoms with Crippen molar-refractivity contribution in [3.05, 3.63) is 66.2 Å². The molecule has 1 fully saturated rings. The van der Waals surface area contributed by atoms with Crippen LogP contribution in [-0.4, -0.2) is 71.8 Å². The quantitative estimate of drug-likeness (QED) is 0.577. The molecule has 0 radical (unpaired) electrons. The Morgan fingerprint density at radius 1 is 1.00 bits per heavy atom. The predicted molar refractivity (Wildman–Crippen MR) is 130 cm³/mol. The van der Waals surface area contributed by atoms with E-state index in [-0.39, 0.29) is 18.2 Å². The average molecular weight is 468 g/mol. The standard InChI is InChI=1S/C24H29N5O3S/c1-3-33(31,32)28-15-13-27(14-16-28)18-24(30)25-23-17-22(20-11-9-19(2)10-12-20)26-29(23)21-7-5-4-6-8-21/h4-12,17H,3,13-16,18H2,1-2H3,(H,25,30). The molecule has 9 heteroatoms. The SMILES string of the molecule is CCS(=O)(=O)N1CCN(CC(=O)Nc2cc(-c3ccc(C)cc3)nn2-c2ccccc2)CC1. The summed E-state index contributed by atoms with van der Waals surface area (Å²) in [6, 6.07) is 19.7. The first kappa shape index (κ1) is 23.2. The third-order valence-electron chi connectivity index (χ3n) is 5.78. The molecule has 4 rings (SSSR count). The van der Waals surface area contributed by atoms with Crippen LogP contribution >= 0.6 is 0 Å². The van der Waals surface area contributed by atoms with E-state index >= 15 is 0 Å². The van der Waals surface area contributed by atoms with E-state index in [4.69, 9.17) is 5.10 Å². The number of nitrogens with zero attached hydrogens (tertiary/aromatic N) is 4. The molecule has 0 spiro atoms. The molecule has 1 aromatic heterocycles. The monoisotopic (exact) mass is 467 g/mol. The molecule has 0 unspecified atom stereocenters. The van der Waals surface area contributed by atoms with Gasteiger partial charge in [0.1, 0.15) is 5.82 Å². The molecule has 8 nitrogen and oxygen atoms in total. The Morgan fingerprint density at radius 3 is 2.30 bits per heavy atom. The number of anilines is 1. The van der Waals surface area contributed by atoms with Gasteiger partial charge in [-0.05, 0) is 26.0 Å². The smallest absolute Gasteiger partial charge is 0.239 e. The van der Waals surface area contributed by atoms with Gasteiger partial charge in [0.05, 0.1) is 23.7 Å². The van der Waals surface area contributed by atoms with Gasteiger partial charge in [0.2, 0.25) is 15.9 Å². The van der Waals surface area contributed by atoms with Crippen molar-refractivity contribution < 1.29 is 13.2 Å². The highest BCUT2D eigenvalue weighted by Gasteiger charge is 2.26. The summed E-state index contributed by atoms with van der Waals surface area (Å²) in [5.74, 6) is 0.531. The molecule has 0 saturated carbocycles. The zero-order valence-corrected chi connectivity index (χ0v) is 19.8. The minimum Gasteiger partial charge on any atom is -0.309 e. The van der Waals surface area contributed by atoms with Gasteiger partial charge >= 0.3 is 0 Å². The Balaban J connectivity index is 1.49. The van der Waals surface area contributed by atoms with Crippen LogP contribution in [0.5, 0.6) is 0 Å². The highest BCUT2D eigenvalue weighted by atomic mass is 32.2. The number of amides is 1. The van der Waals surface area contributed by atoms with Crippen LogP contribution in [0.3, 0.4) is 0 Å². The van der Waals surface area contributed by atoms with Crippen LogP contribution in [0.2, 0.25) is 0 Å². The molecule has 0 bridgehead atoms. The molecule has 1 amide bonds. The van der Waals surface area contributed by atoms with Crippen molar-refractivity contribution in [3.8, 4) is 16.9 Å². The molecule has 0 aliphatic carbocycles. The lowest BCUT2D eigenvalue weighted by molar-refractivity contribution is -0.117. The van der Waals surface area contributed by atoms with Crippen LogP contribution < -0.4 is 5.32 Å². The fraction of sp³-hybridized carbons (Fsp3) is 0.333. The summed E-state index contributed by atoms with van der Waals surface area (Å²) >= 11 is 0. The van der Waals surface area contributed by atoms with Gasteiger partial charge < -0.3 is 5.32 Å². The van der Waals surface area contributed by atoms with E-state index in [0.29, 0.717) is 32.0 Å². The highest BCUT2D eigenvalue weighted by molar-refractivity contribution is 7.89. The molecule has 0 atom stereocenters. The van der Waals surface area contributed by atoms with Crippen LogP contribution in [0.15, 0.2) is 60.7 Å². The summed E-state index contributed by atoms with van der Waals surface area (Å²) < 4.78 is 27.3. The number of carbonyl (C=O) groups is 1. The fourth-order valence-corrected chi connectivity index (χ4v) is 4.92. The number of hydrogen-bond acceptors (Lipinski definition) is 5. The number of sulfonamides is 1.